The Labute approximate surface area is 97.3 Å². The number of hydrogen-bond acceptors (Lipinski definition) is 3. The smallest absolute Gasteiger partial charge is 0.134 e. The molecule has 1 aromatic carbocycles. The summed E-state index contributed by atoms with van der Waals surface area (Å²) in [5.41, 5.74) is 0.842. The molecule has 0 aliphatic rings. The first-order valence-corrected chi connectivity index (χ1v) is 5.08. The molecule has 0 bridgehead atoms. The first-order chi connectivity index (χ1) is 7.74. The lowest BCUT2D eigenvalue weighted by Crippen LogP contribution is -2.01. The zero-order valence-corrected chi connectivity index (χ0v) is 9.08. The van der Waals surface area contributed by atoms with E-state index in [1.807, 2.05) is 6.07 Å². The molecular formula is C11H9ClFN3. The third-order valence-corrected chi connectivity index (χ3v) is 2.20. The fourth-order valence-corrected chi connectivity index (χ4v) is 1.42. The average Bonchev–Trinajstić information content (AvgIpc) is 2.27. The van der Waals surface area contributed by atoms with E-state index in [0.29, 0.717) is 17.5 Å². The van der Waals surface area contributed by atoms with E-state index >= 15 is 0 Å². The van der Waals surface area contributed by atoms with Crippen LogP contribution in [0.5, 0.6) is 0 Å². The molecule has 0 aliphatic carbocycles. The summed E-state index contributed by atoms with van der Waals surface area (Å²) in [6.07, 6.45) is 1.37. The van der Waals surface area contributed by atoms with Crippen LogP contribution < -0.4 is 5.32 Å². The highest BCUT2D eigenvalue weighted by atomic mass is 35.5. The molecule has 1 heterocycles. The normalized spacial score (nSPS) is 10.1. The molecule has 0 aliphatic heterocycles. The summed E-state index contributed by atoms with van der Waals surface area (Å²) in [6, 6.07) is 7.99. The molecular weight excluding hydrogens is 229 g/mol. The summed E-state index contributed by atoms with van der Waals surface area (Å²) < 4.78 is 12.9. The van der Waals surface area contributed by atoms with E-state index in [9.17, 15) is 4.39 Å². The summed E-state index contributed by atoms with van der Waals surface area (Å²) >= 11 is 5.70. The number of benzene rings is 1. The van der Waals surface area contributed by atoms with Gasteiger partial charge >= 0.3 is 0 Å². The van der Waals surface area contributed by atoms with Gasteiger partial charge in [0.2, 0.25) is 0 Å². The molecule has 2 aromatic rings. The number of nitrogens with zero attached hydrogens (tertiary/aromatic N) is 2. The molecule has 0 amide bonds. The molecule has 0 saturated heterocycles. The third kappa shape index (κ3) is 2.90. The minimum Gasteiger partial charge on any atom is -0.366 e. The van der Waals surface area contributed by atoms with Crippen LogP contribution in [0.3, 0.4) is 0 Å². The van der Waals surface area contributed by atoms with Crippen molar-refractivity contribution in [3.05, 3.63) is 53.2 Å². The molecule has 0 radical (unpaired) electrons. The van der Waals surface area contributed by atoms with Crippen LogP contribution in [0.2, 0.25) is 5.15 Å². The quantitative estimate of drug-likeness (QED) is 0.835. The number of aromatic nitrogens is 2. The molecule has 0 saturated carbocycles. The lowest BCUT2D eigenvalue weighted by molar-refractivity contribution is 0.626. The Balaban J connectivity index is 2.02. The van der Waals surface area contributed by atoms with Gasteiger partial charge in [-0.3, -0.25) is 0 Å². The van der Waals surface area contributed by atoms with E-state index in [0.717, 1.165) is 5.56 Å². The van der Waals surface area contributed by atoms with Gasteiger partial charge < -0.3 is 5.32 Å². The van der Waals surface area contributed by atoms with E-state index in [-0.39, 0.29) is 5.82 Å². The van der Waals surface area contributed by atoms with Gasteiger partial charge in [-0.2, -0.15) is 0 Å². The molecule has 82 valence electrons. The SMILES string of the molecule is Fc1cccc(CNc2cc(Cl)ncn2)c1. The first kappa shape index (κ1) is 10.8. The third-order valence-electron chi connectivity index (χ3n) is 2.00. The van der Waals surface area contributed by atoms with Crippen LogP contribution in [0.15, 0.2) is 36.7 Å². The Morgan fingerprint density at radius 2 is 2.12 bits per heavy atom. The Kier molecular flexibility index (Phi) is 3.31. The predicted molar refractivity (Wildman–Crippen MR) is 60.8 cm³/mol. The van der Waals surface area contributed by atoms with Crippen molar-refractivity contribution < 1.29 is 4.39 Å². The molecule has 3 nitrogen and oxygen atoms in total. The number of hydrogen-bond donors (Lipinski definition) is 1. The van der Waals surface area contributed by atoms with Crippen molar-refractivity contribution in [2.45, 2.75) is 6.54 Å². The lowest BCUT2D eigenvalue weighted by atomic mass is 10.2. The predicted octanol–water partition coefficient (Wildman–Crippen LogP) is 2.88. The van der Waals surface area contributed by atoms with Crippen LogP contribution in [0.4, 0.5) is 10.2 Å². The Hall–Kier alpha value is -1.68. The summed E-state index contributed by atoms with van der Waals surface area (Å²) in [6.45, 7) is 0.491. The fourth-order valence-electron chi connectivity index (χ4n) is 1.27. The summed E-state index contributed by atoms with van der Waals surface area (Å²) in [5.74, 6) is 0.365. The van der Waals surface area contributed by atoms with Crippen molar-refractivity contribution >= 4 is 17.4 Å². The second kappa shape index (κ2) is 4.90. The highest BCUT2D eigenvalue weighted by molar-refractivity contribution is 6.29. The van der Waals surface area contributed by atoms with Crippen molar-refractivity contribution in [2.24, 2.45) is 0 Å². The second-order valence-electron chi connectivity index (χ2n) is 3.21. The van der Waals surface area contributed by atoms with Crippen molar-refractivity contribution in [1.29, 1.82) is 0 Å². The molecule has 1 N–H and O–H groups in total. The fraction of sp³-hybridized carbons (Fsp3) is 0.0909. The van der Waals surface area contributed by atoms with Gasteiger partial charge in [0, 0.05) is 12.6 Å². The Morgan fingerprint density at radius 3 is 2.88 bits per heavy atom. The van der Waals surface area contributed by atoms with Gasteiger partial charge in [-0.05, 0) is 17.7 Å². The molecule has 0 atom stereocenters. The Bertz CT molecular complexity index is 445. The summed E-state index contributed by atoms with van der Waals surface area (Å²) in [5, 5.41) is 3.40. The molecule has 5 heteroatoms. The lowest BCUT2D eigenvalue weighted by Gasteiger charge is -2.05. The second-order valence-corrected chi connectivity index (χ2v) is 3.60. The topological polar surface area (TPSA) is 37.8 Å². The maximum atomic E-state index is 12.9. The molecule has 0 fully saturated rings. The van der Waals surface area contributed by atoms with Crippen LogP contribution in [-0.4, -0.2) is 9.97 Å². The van der Waals surface area contributed by atoms with Crippen molar-refractivity contribution in [2.75, 3.05) is 5.32 Å². The minimum atomic E-state index is -0.250. The van der Waals surface area contributed by atoms with Crippen LogP contribution in [0, 0.1) is 5.82 Å². The van der Waals surface area contributed by atoms with Gasteiger partial charge in [0.25, 0.3) is 0 Å². The number of rotatable bonds is 3. The van der Waals surface area contributed by atoms with Crippen LogP contribution in [0.1, 0.15) is 5.56 Å². The molecule has 0 spiro atoms. The zero-order chi connectivity index (χ0) is 11.4. The number of anilines is 1. The van der Waals surface area contributed by atoms with Crippen molar-refractivity contribution in [3.8, 4) is 0 Å². The highest BCUT2D eigenvalue weighted by Crippen LogP contribution is 2.10. The van der Waals surface area contributed by atoms with E-state index < -0.39 is 0 Å². The van der Waals surface area contributed by atoms with Gasteiger partial charge in [0.05, 0.1) is 0 Å². The van der Waals surface area contributed by atoms with E-state index in [1.54, 1.807) is 12.1 Å². The van der Waals surface area contributed by atoms with Crippen molar-refractivity contribution in [1.82, 2.24) is 9.97 Å². The van der Waals surface area contributed by atoms with Gasteiger partial charge in [-0.15, -0.1) is 0 Å². The number of halogens is 2. The zero-order valence-electron chi connectivity index (χ0n) is 8.32. The largest absolute Gasteiger partial charge is 0.366 e. The first-order valence-electron chi connectivity index (χ1n) is 4.70. The summed E-state index contributed by atoms with van der Waals surface area (Å²) in [4.78, 5) is 7.74. The molecule has 1 aromatic heterocycles. The highest BCUT2D eigenvalue weighted by Gasteiger charge is 1.98. The number of nitrogens with one attached hydrogen (secondary N) is 1. The Morgan fingerprint density at radius 1 is 1.25 bits per heavy atom. The maximum Gasteiger partial charge on any atom is 0.134 e. The van der Waals surface area contributed by atoms with Gasteiger partial charge in [0.15, 0.2) is 0 Å². The van der Waals surface area contributed by atoms with E-state index in [2.05, 4.69) is 15.3 Å². The molecule has 0 unspecified atom stereocenters. The van der Waals surface area contributed by atoms with Crippen LogP contribution in [0.25, 0.3) is 0 Å². The van der Waals surface area contributed by atoms with Crippen LogP contribution >= 0.6 is 11.6 Å². The minimum absolute atomic E-state index is 0.250. The summed E-state index contributed by atoms with van der Waals surface area (Å²) in [7, 11) is 0. The van der Waals surface area contributed by atoms with Crippen LogP contribution in [-0.2, 0) is 6.54 Å². The van der Waals surface area contributed by atoms with E-state index in [4.69, 9.17) is 11.6 Å². The maximum absolute atomic E-state index is 12.9. The van der Waals surface area contributed by atoms with Gasteiger partial charge in [-0.1, -0.05) is 23.7 Å². The van der Waals surface area contributed by atoms with Gasteiger partial charge in [-0.25, -0.2) is 14.4 Å². The molecule has 16 heavy (non-hydrogen) atoms. The standard InChI is InChI=1S/C11H9ClFN3/c12-10-5-11(16-7-15-10)14-6-8-2-1-3-9(13)4-8/h1-5,7H,6H2,(H,14,15,16). The van der Waals surface area contributed by atoms with Crippen molar-refractivity contribution in [3.63, 3.8) is 0 Å². The molecule has 2 rings (SSSR count). The average molecular weight is 238 g/mol. The monoisotopic (exact) mass is 237 g/mol. The van der Waals surface area contributed by atoms with Gasteiger partial charge in [0.1, 0.15) is 23.1 Å². The van der Waals surface area contributed by atoms with E-state index in [1.165, 1.54) is 18.5 Å².